The van der Waals surface area contributed by atoms with Crippen molar-refractivity contribution in [2.75, 3.05) is 33.4 Å². The molecule has 3 amide bonds. The second-order valence-corrected chi connectivity index (χ2v) is 16.5. The Kier molecular flexibility index (Phi) is 11.6. The molecule has 0 unspecified atom stereocenters. The highest BCUT2D eigenvalue weighted by molar-refractivity contribution is 7.10. The van der Waals surface area contributed by atoms with Crippen LogP contribution < -0.4 is 10.7 Å². The lowest BCUT2D eigenvalue weighted by Crippen LogP contribution is -2.63. The van der Waals surface area contributed by atoms with Crippen molar-refractivity contribution in [2.24, 2.45) is 5.41 Å². The van der Waals surface area contributed by atoms with E-state index in [0.717, 1.165) is 39.0 Å². The highest BCUT2D eigenvalue weighted by atomic mass is 32.1. The molecule has 6 heterocycles. The van der Waals surface area contributed by atoms with Crippen molar-refractivity contribution in [1.82, 2.24) is 35.2 Å². The molecule has 2 saturated heterocycles. The third kappa shape index (κ3) is 8.66. The Balaban J connectivity index is 1.29. The van der Waals surface area contributed by atoms with Gasteiger partial charge in [0.15, 0.2) is 0 Å². The van der Waals surface area contributed by atoms with Gasteiger partial charge in [0.1, 0.15) is 12.1 Å². The molecule has 4 atom stereocenters. The second kappa shape index (κ2) is 16.3. The largest absolute Gasteiger partial charge is 0.522 e. The standard InChI is InChI=1S/C40H48F3N7O6S/c1-6-48-32-12-11-24-17-27(32)28(35(48)26-9-7-14-44-34(26)23(2)54-5)19-39(3,4)22-55-37(52)29-10-8-15-50(47-29)36(51)30(18-33-45-31(24)21-57-33)46-38(53)49-16-13-25(49)20-56-40(41,42)43/h7,9,11-12,14,17,21,23,25,29-30,47H,6,8,10,13,15-16,18-20,22H2,1-5H3,(H,46,53)/t23-,25-,29-,30-/m0/s1. The van der Waals surface area contributed by atoms with E-state index in [0.29, 0.717) is 42.9 Å². The summed E-state index contributed by atoms with van der Waals surface area (Å²) in [6.45, 7) is 8.76. The lowest BCUT2D eigenvalue weighted by atomic mass is 9.84. The summed E-state index contributed by atoms with van der Waals surface area (Å²) in [7, 11) is 1.66. The number of methoxy groups -OCH3 is 1. The number of hydrogen-bond acceptors (Lipinski definition) is 10. The number of aromatic nitrogens is 3. The Bertz CT molecular complexity index is 2140. The number of alkyl halides is 3. The molecule has 0 radical (unpaired) electrons. The number of ether oxygens (including phenoxy) is 3. The van der Waals surface area contributed by atoms with Crippen LogP contribution >= 0.6 is 11.3 Å². The summed E-state index contributed by atoms with van der Waals surface area (Å²) in [6.07, 6.45) is -1.49. The van der Waals surface area contributed by atoms with Crippen molar-refractivity contribution in [2.45, 2.75) is 96.9 Å². The van der Waals surface area contributed by atoms with Gasteiger partial charge in [-0.05, 0) is 69.4 Å². The smallest absolute Gasteiger partial charge is 0.464 e. The van der Waals surface area contributed by atoms with Crippen LogP contribution in [-0.2, 0) is 43.2 Å². The molecule has 0 aliphatic carbocycles. The molecule has 2 N–H and O–H groups in total. The van der Waals surface area contributed by atoms with Gasteiger partial charge in [-0.1, -0.05) is 19.9 Å². The fourth-order valence-corrected chi connectivity index (χ4v) is 8.72. The van der Waals surface area contributed by atoms with Crippen LogP contribution in [0.15, 0.2) is 41.9 Å². The summed E-state index contributed by atoms with van der Waals surface area (Å²) in [6, 6.07) is 6.78. The third-order valence-electron chi connectivity index (χ3n) is 11.0. The van der Waals surface area contributed by atoms with Gasteiger partial charge in [0.25, 0.3) is 5.91 Å². The first-order valence-electron chi connectivity index (χ1n) is 19.3. The van der Waals surface area contributed by atoms with Crippen molar-refractivity contribution in [3.05, 3.63) is 58.2 Å². The summed E-state index contributed by atoms with van der Waals surface area (Å²) in [5, 5.41) is 7.59. The Labute approximate surface area is 332 Å². The average molecular weight is 812 g/mol. The summed E-state index contributed by atoms with van der Waals surface area (Å²) < 4.78 is 56.4. The van der Waals surface area contributed by atoms with Gasteiger partial charge in [-0.15, -0.1) is 24.5 Å². The lowest BCUT2D eigenvalue weighted by Gasteiger charge is -2.41. The fourth-order valence-electron chi connectivity index (χ4n) is 7.87. The van der Waals surface area contributed by atoms with Crippen LogP contribution in [0.3, 0.4) is 0 Å². The second-order valence-electron chi connectivity index (χ2n) is 15.6. The summed E-state index contributed by atoms with van der Waals surface area (Å²) in [5.74, 6) is -0.999. The summed E-state index contributed by atoms with van der Waals surface area (Å²) in [4.78, 5) is 52.2. The number of hydrazine groups is 1. The average Bonchev–Trinajstić information content (AvgIpc) is 3.76. The molecule has 2 fully saturated rings. The highest BCUT2D eigenvalue weighted by Crippen LogP contribution is 2.42. The van der Waals surface area contributed by atoms with Gasteiger partial charge in [-0.25, -0.2) is 15.2 Å². The van der Waals surface area contributed by atoms with Gasteiger partial charge in [-0.2, -0.15) is 0 Å². The molecule has 17 heteroatoms. The third-order valence-corrected chi connectivity index (χ3v) is 11.9. The van der Waals surface area contributed by atoms with Gasteiger partial charge < -0.3 is 24.3 Å². The number of nitrogens with one attached hydrogen (secondary N) is 2. The van der Waals surface area contributed by atoms with E-state index < -0.39 is 54.4 Å². The maximum Gasteiger partial charge on any atom is 0.522 e. The minimum absolute atomic E-state index is 0.0135. The maximum absolute atomic E-state index is 14.2. The van der Waals surface area contributed by atoms with Crippen molar-refractivity contribution in [1.29, 1.82) is 0 Å². The number of hydrogen-bond donors (Lipinski definition) is 2. The number of benzene rings is 1. The van der Waals surface area contributed by atoms with Crippen LogP contribution in [0.2, 0.25) is 0 Å². The van der Waals surface area contributed by atoms with E-state index in [9.17, 15) is 27.6 Å². The molecule has 13 nitrogen and oxygen atoms in total. The Morgan fingerprint density at radius 3 is 2.72 bits per heavy atom. The molecular weight excluding hydrogens is 764 g/mol. The number of cyclic esters (lactones) is 1. The number of urea groups is 1. The lowest BCUT2D eigenvalue weighted by molar-refractivity contribution is -0.329. The van der Waals surface area contributed by atoms with Crippen LogP contribution in [0.1, 0.15) is 69.3 Å². The molecule has 1 aromatic carbocycles. The predicted octanol–water partition coefficient (Wildman–Crippen LogP) is 6.41. The summed E-state index contributed by atoms with van der Waals surface area (Å²) in [5.41, 5.74) is 8.93. The molecule has 0 spiro atoms. The zero-order chi connectivity index (χ0) is 40.6. The van der Waals surface area contributed by atoms with E-state index in [2.05, 4.69) is 59.0 Å². The molecule has 6 bridgehead atoms. The molecule has 7 rings (SSSR count). The number of halogens is 3. The number of esters is 1. The zero-order valence-electron chi connectivity index (χ0n) is 32.6. The molecule has 57 heavy (non-hydrogen) atoms. The first-order chi connectivity index (χ1) is 27.2. The van der Waals surface area contributed by atoms with Gasteiger partial charge in [-0.3, -0.25) is 24.3 Å². The first-order valence-corrected chi connectivity index (χ1v) is 20.1. The van der Waals surface area contributed by atoms with E-state index in [1.165, 1.54) is 21.2 Å². The Morgan fingerprint density at radius 1 is 1.19 bits per heavy atom. The molecule has 3 aliphatic heterocycles. The number of likely N-dealkylation sites (tertiary alicyclic amines) is 1. The van der Waals surface area contributed by atoms with E-state index in [1.807, 2.05) is 24.4 Å². The molecule has 3 aromatic heterocycles. The number of thiazole rings is 1. The van der Waals surface area contributed by atoms with Gasteiger partial charge in [0.05, 0.1) is 47.4 Å². The van der Waals surface area contributed by atoms with Crippen LogP contribution in [0.4, 0.5) is 18.0 Å². The number of pyridine rings is 1. The molecule has 3 aliphatic rings. The van der Waals surface area contributed by atoms with Crippen LogP contribution in [-0.4, -0.2) is 100 Å². The van der Waals surface area contributed by atoms with Crippen molar-refractivity contribution in [3.8, 4) is 22.5 Å². The zero-order valence-corrected chi connectivity index (χ0v) is 33.5. The highest BCUT2D eigenvalue weighted by Gasteiger charge is 2.40. The Hall–Kier alpha value is -4.58. The number of amides is 3. The van der Waals surface area contributed by atoms with Crippen molar-refractivity contribution >= 4 is 40.1 Å². The van der Waals surface area contributed by atoms with Crippen LogP contribution in [0, 0.1) is 5.41 Å². The van der Waals surface area contributed by atoms with Crippen LogP contribution in [0.25, 0.3) is 33.4 Å². The van der Waals surface area contributed by atoms with Gasteiger partial charge >= 0.3 is 18.4 Å². The number of carbonyl (C=O) groups excluding carboxylic acids is 3. The quantitative estimate of drug-likeness (QED) is 0.203. The number of rotatable bonds is 7. The van der Waals surface area contributed by atoms with E-state index in [4.69, 9.17) is 19.4 Å². The number of nitrogens with zero attached hydrogens (tertiary/aromatic N) is 5. The van der Waals surface area contributed by atoms with Gasteiger partial charge in [0, 0.05) is 72.2 Å². The summed E-state index contributed by atoms with van der Waals surface area (Å²) >= 11 is 1.34. The number of aryl methyl sites for hydroxylation is 1. The molecule has 306 valence electrons. The van der Waals surface area contributed by atoms with Crippen molar-refractivity contribution in [3.63, 3.8) is 0 Å². The van der Waals surface area contributed by atoms with Crippen molar-refractivity contribution < 1.29 is 41.8 Å². The minimum Gasteiger partial charge on any atom is -0.464 e. The number of carbonyl (C=O) groups is 3. The number of fused-ring (bicyclic) bond motifs is 6. The van der Waals surface area contributed by atoms with E-state index in [1.54, 1.807) is 13.3 Å². The molecule has 0 saturated carbocycles. The SMILES string of the molecule is CCn1c(-c2cccnc2[C@H](C)OC)c2c3cc(ccc31)-c1csc(n1)C[C@H](NC(=O)N1CC[C@H]1COC(F)(F)F)C(=O)N1CCC[C@H](N1)C(=O)OCC(C)(C)C2. The molecule has 4 aromatic rings. The topological polar surface area (TPSA) is 140 Å². The molecular formula is C40H48F3N7O6S. The monoisotopic (exact) mass is 811 g/mol. The first kappa shape index (κ1) is 40.6. The van der Waals surface area contributed by atoms with E-state index in [-0.39, 0.29) is 32.2 Å². The normalized spacial score (nSPS) is 22.1. The minimum atomic E-state index is -4.83. The fraction of sp³-hybridized carbons (Fsp3) is 0.525. The Morgan fingerprint density at radius 2 is 2.00 bits per heavy atom. The maximum atomic E-state index is 14.2. The van der Waals surface area contributed by atoms with E-state index >= 15 is 0 Å². The van der Waals surface area contributed by atoms with Gasteiger partial charge in [0.2, 0.25) is 0 Å². The van der Waals surface area contributed by atoms with Crippen LogP contribution in [0.5, 0.6) is 0 Å². The predicted molar refractivity (Wildman–Crippen MR) is 207 cm³/mol.